The molecule has 0 amide bonds. The van der Waals surface area contributed by atoms with Crippen molar-refractivity contribution in [3.8, 4) is 0 Å². The van der Waals surface area contributed by atoms with E-state index in [0.29, 0.717) is 4.75 Å². The molecule has 0 aliphatic carbocycles. The van der Waals surface area contributed by atoms with E-state index < -0.39 is 0 Å². The van der Waals surface area contributed by atoms with Crippen molar-refractivity contribution in [2.45, 2.75) is 50.8 Å². The van der Waals surface area contributed by atoms with Crippen molar-refractivity contribution in [2.75, 3.05) is 45.0 Å². The summed E-state index contributed by atoms with van der Waals surface area (Å²) in [6, 6.07) is 0. The van der Waals surface area contributed by atoms with Gasteiger partial charge in [0.05, 0.1) is 0 Å². The van der Waals surface area contributed by atoms with Crippen molar-refractivity contribution in [2.24, 2.45) is 11.7 Å². The molecule has 2 aliphatic rings. The highest BCUT2D eigenvalue weighted by Crippen LogP contribution is 2.36. The lowest BCUT2D eigenvalue weighted by Crippen LogP contribution is -2.63. The van der Waals surface area contributed by atoms with Gasteiger partial charge < -0.3 is 10.6 Å². The van der Waals surface area contributed by atoms with Crippen LogP contribution in [0.15, 0.2) is 0 Å². The maximum Gasteiger partial charge on any atom is 0.0356 e. The summed E-state index contributed by atoms with van der Waals surface area (Å²) in [5, 5.41) is 0. The molecule has 2 fully saturated rings. The van der Waals surface area contributed by atoms with Crippen LogP contribution in [-0.2, 0) is 0 Å². The summed E-state index contributed by atoms with van der Waals surface area (Å²) >= 11 is 2.11. The summed E-state index contributed by atoms with van der Waals surface area (Å²) in [7, 11) is 0. The van der Waals surface area contributed by atoms with Gasteiger partial charge in [0.1, 0.15) is 0 Å². The van der Waals surface area contributed by atoms with Crippen LogP contribution in [0.2, 0.25) is 0 Å². The van der Waals surface area contributed by atoms with Gasteiger partial charge in [-0.1, -0.05) is 13.8 Å². The number of piperidine rings is 1. The quantitative estimate of drug-likeness (QED) is 0.863. The average Bonchev–Trinajstić information content (AvgIpc) is 2.38. The fourth-order valence-corrected chi connectivity index (χ4v) is 4.85. The molecule has 20 heavy (non-hydrogen) atoms. The molecule has 0 spiro atoms. The van der Waals surface area contributed by atoms with E-state index in [9.17, 15) is 0 Å². The van der Waals surface area contributed by atoms with E-state index in [2.05, 4.69) is 49.3 Å². The molecular formula is C16H33N3S. The third kappa shape index (κ3) is 3.90. The zero-order chi connectivity index (χ0) is 14.8. The van der Waals surface area contributed by atoms with Crippen molar-refractivity contribution < 1.29 is 0 Å². The molecule has 118 valence electrons. The van der Waals surface area contributed by atoms with Gasteiger partial charge in [0.15, 0.2) is 0 Å². The topological polar surface area (TPSA) is 32.5 Å². The zero-order valence-electron chi connectivity index (χ0n) is 13.8. The van der Waals surface area contributed by atoms with E-state index in [0.717, 1.165) is 12.5 Å². The maximum absolute atomic E-state index is 6.24. The minimum atomic E-state index is 0.270. The van der Waals surface area contributed by atoms with E-state index >= 15 is 0 Å². The molecule has 0 aromatic carbocycles. The van der Waals surface area contributed by atoms with E-state index in [4.69, 9.17) is 5.73 Å². The Morgan fingerprint density at radius 2 is 1.80 bits per heavy atom. The summed E-state index contributed by atoms with van der Waals surface area (Å²) < 4.78 is 0.384. The Morgan fingerprint density at radius 3 is 2.30 bits per heavy atom. The van der Waals surface area contributed by atoms with E-state index in [1.165, 1.54) is 51.3 Å². The van der Waals surface area contributed by atoms with Crippen LogP contribution in [0.1, 0.15) is 40.5 Å². The van der Waals surface area contributed by atoms with Gasteiger partial charge in [0.2, 0.25) is 0 Å². The number of thioether (sulfide) groups is 1. The Balaban J connectivity index is 1.97. The van der Waals surface area contributed by atoms with Gasteiger partial charge in [0.25, 0.3) is 0 Å². The molecule has 0 saturated carbocycles. The van der Waals surface area contributed by atoms with Gasteiger partial charge in [-0.05, 0) is 45.7 Å². The Bertz CT molecular complexity index is 309. The van der Waals surface area contributed by atoms with Gasteiger partial charge in [0, 0.05) is 42.2 Å². The molecule has 2 heterocycles. The number of hydrogen-bond donors (Lipinski definition) is 1. The normalized spacial score (nSPS) is 27.9. The molecule has 2 N–H and O–H groups in total. The summed E-state index contributed by atoms with van der Waals surface area (Å²) in [5.74, 6) is 2.02. The number of hydrogen-bond acceptors (Lipinski definition) is 4. The maximum atomic E-state index is 6.24. The summed E-state index contributed by atoms with van der Waals surface area (Å²) in [6.45, 7) is 16.3. The Labute approximate surface area is 129 Å². The minimum absolute atomic E-state index is 0.270. The first kappa shape index (κ1) is 16.6. The van der Waals surface area contributed by atoms with Crippen molar-refractivity contribution in [3.05, 3.63) is 0 Å². The van der Waals surface area contributed by atoms with Gasteiger partial charge in [-0.2, -0.15) is 11.8 Å². The standard InChI is InChI=1S/C16H33N3S/c1-14(2)11-18-7-5-16(12-17,6-8-18)19-9-10-20-15(3,4)13-19/h14H,5-13,17H2,1-4H3. The summed E-state index contributed by atoms with van der Waals surface area (Å²) in [5.41, 5.74) is 6.51. The lowest BCUT2D eigenvalue weighted by Gasteiger charge is -2.52. The van der Waals surface area contributed by atoms with E-state index in [1.807, 2.05) is 0 Å². The van der Waals surface area contributed by atoms with E-state index in [1.54, 1.807) is 0 Å². The van der Waals surface area contributed by atoms with Gasteiger partial charge in [-0.3, -0.25) is 4.90 Å². The van der Waals surface area contributed by atoms with Crippen molar-refractivity contribution in [3.63, 3.8) is 0 Å². The zero-order valence-corrected chi connectivity index (χ0v) is 14.6. The highest BCUT2D eigenvalue weighted by atomic mass is 32.2. The van der Waals surface area contributed by atoms with Crippen LogP contribution in [0.25, 0.3) is 0 Å². The largest absolute Gasteiger partial charge is 0.329 e. The van der Waals surface area contributed by atoms with Gasteiger partial charge >= 0.3 is 0 Å². The molecule has 2 rings (SSSR count). The second-order valence-electron chi connectivity index (χ2n) is 7.65. The molecule has 0 aromatic rings. The highest BCUT2D eigenvalue weighted by molar-refractivity contribution is 8.00. The van der Waals surface area contributed by atoms with Crippen LogP contribution >= 0.6 is 11.8 Å². The SMILES string of the molecule is CC(C)CN1CCC(CN)(N2CCSC(C)(C)C2)CC1. The Morgan fingerprint density at radius 1 is 1.15 bits per heavy atom. The average molecular weight is 300 g/mol. The molecule has 4 heteroatoms. The first-order valence-electron chi connectivity index (χ1n) is 8.18. The number of likely N-dealkylation sites (tertiary alicyclic amines) is 1. The lowest BCUT2D eigenvalue weighted by molar-refractivity contribution is 0.0207. The van der Waals surface area contributed by atoms with Crippen molar-refractivity contribution in [1.82, 2.24) is 9.80 Å². The molecule has 0 unspecified atom stereocenters. The summed E-state index contributed by atoms with van der Waals surface area (Å²) in [4.78, 5) is 5.35. The predicted octanol–water partition coefficient (Wildman–Crippen LogP) is 2.26. The van der Waals surface area contributed by atoms with Gasteiger partial charge in [-0.25, -0.2) is 0 Å². The smallest absolute Gasteiger partial charge is 0.0356 e. The van der Waals surface area contributed by atoms with Crippen molar-refractivity contribution >= 4 is 11.8 Å². The molecule has 0 bridgehead atoms. The highest BCUT2D eigenvalue weighted by Gasteiger charge is 2.42. The molecule has 0 radical (unpaired) electrons. The molecule has 0 atom stereocenters. The number of nitrogens with zero attached hydrogens (tertiary/aromatic N) is 2. The van der Waals surface area contributed by atoms with Crippen LogP contribution in [0.3, 0.4) is 0 Å². The first-order chi connectivity index (χ1) is 9.37. The molecule has 2 aliphatic heterocycles. The summed E-state index contributed by atoms with van der Waals surface area (Å²) in [6.07, 6.45) is 2.49. The van der Waals surface area contributed by atoms with E-state index in [-0.39, 0.29) is 5.54 Å². The lowest BCUT2D eigenvalue weighted by atomic mass is 9.84. The number of nitrogens with two attached hydrogens (primary N) is 1. The van der Waals surface area contributed by atoms with Crippen LogP contribution in [0.4, 0.5) is 0 Å². The minimum Gasteiger partial charge on any atom is -0.329 e. The third-order valence-electron chi connectivity index (χ3n) is 4.89. The fourth-order valence-electron chi connectivity index (χ4n) is 3.74. The van der Waals surface area contributed by atoms with Gasteiger partial charge in [-0.15, -0.1) is 0 Å². The monoisotopic (exact) mass is 299 g/mol. The van der Waals surface area contributed by atoms with Crippen LogP contribution in [0.5, 0.6) is 0 Å². The molecule has 3 nitrogen and oxygen atoms in total. The fraction of sp³-hybridized carbons (Fsp3) is 1.00. The Hall–Kier alpha value is 0.230. The number of rotatable bonds is 4. The predicted molar refractivity (Wildman–Crippen MR) is 90.4 cm³/mol. The second kappa shape index (κ2) is 6.55. The van der Waals surface area contributed by atoms with Crippen molar-refractivity contribution in [1.29, 1.82) is 0 Å². The van der Waals surface area contributed by atoms with Crippen LogP contribution in [0, 0.1) is 5.92 Å². The van der Waals surface area contributed by atoms with Crippen LogP contribution < -0.4 is 5.73 Å². The molecular weight excluding hydrogens is 266 g/mol. The van der Waals surface area contributed by atoms with Crippen LogP contribution in [-0.4, -0.2) is 65.1 Å². The second-order valence-corrected chi connectivity index (χ2v) is 9.45. The molecule has 0 aromatic heterocycles. The third-order valence-corrected chi connectivity index (χ3v) is 6.18. The Kier molecular flexibility index (Phi) is 5.44. The first-order valence-corrected chi connectivity index (χ1v) is 9.17. The molecule has 2 saturated heterocycles.